The van der Waals surface area contributed by atoms with E-state index in [-0.39, 0.29) is 5.91 Å². The fourth-order valence-corrected chi connectivity index (χ4v) is 2.14. The molecule has 0 aliphatic carbocycles. The largest absolute Gasteiger partial charge is 0.307 e. The van der Waals surface area contributed by atoms with E-state index < -0.39 is 0 Å². The third kappa shape index (κ3) is 2.88. The minimum absolute atomic E-state index is 0.149. The monoisotopic (exact) mass is 292 g/mol. The highest BCUT2D eigenvalue weighted by Gasteiger charge is 2.11. The van der Waals surface area contributed by atoms with E-state index in [1.807, 2.05) is 49.4 Å². The van der Waals surface area contributed by atoms with Crippen molar-refractivity contribution in [2.75, 3.05) is 5.32 Å². The number of benzene rings is 1. The van der Waals surface area contributed by atoms with E-state index in [0.717, 1.165) is 16.8 Å². The molecule has 1 aromatic carbocycles. The molecule has 3 aromatic rings. The molecular weight excluding hydrogens is 276 g/mol. The second kappa shape index (κ2) is 5.81. The van der Waals surface area contributed by atoms with E-state index in [1.54, 1.807) is 24.1 Å². The van der Waals surface area contributed by atoms with Gasteiger partial charge in [-0.3, -0.25) is 14.5 Å². The molecule has 0 saturated heterocycles. The second-order valence-corrected chi connectivity index (χ2v) is 5.09. The highest BCUT2D eigenvalue weighted by Crippen LogP contribution is 2.21. The number of aryl methyl sites for hydroxylation is 2. The van der Waals surface area contributed by atoms with Gasteiger partial charge in [0.2, 0.25) is 0 Å². The van der Waals surface area contributed by atoms with Crippen LogP contribution < -0.4 is 5.32 Å². The maximum atomic E-state index is 12.3. The molecule has 0 aliphatic rings. The molecule has 5 nitrogen and oxygen atoms in total. The van der Waals surface area contributed by atoms with Crippen LogP contribution in [-0.4, -0.2) is 20.7 Å². The summed E-state index contributed by atoms with van der Waals surface area (Å²) < 4.78 is 1.65. The van der Waals surface area contributed by atoms with E-state index in [1.165, 1.54) is 0 Å². The topological polar surface area (TPSA) is 59.8 Å². The van der Waals surface area contributed by atoms with Gasteiger partial charge in [0.1, 0.15) is 5.82 Å². The van der Waals surface area contributed by atoms with Crippen LogP contribution in [0.5, 0.6) is 0 Å². The fraction of sp³-hybridized carbons (Fsp3) is 0.118. The summed E-state index contributed by atoms with van der Waals surface area (Å²) in [6.45, 7) is 1.99. The summed E-state index contributed by atoms with van der Waals surface area (Å²) in [5, 5.41) is 7.30. The maximum absolute atomic E-state index is 12.3. The second-order valence-electron chi connectivity index (χ2n) is 5.09. The number of carbonyl (C=O) groups excluding carboxylic acids is 1. The van der Waals surface area contributed by atoms with Crippen molar-refractivity contribution >= 4 is 11.7 Å². The zero-order valence-electron chi connectivity index (χ0n) is 12.4. The minimum Gasteiger partial charge on any atom is -0.307 e. The Labute approximate surface area is 128 Å². The molecule has 3 rings (SSSR count). The lowest BCUT2D eigenvalue weighted by atomic mass is 10.1. The summed E-state index contributed by atoms with van der Waals surface area (Å²) in [4.78, 5) is 16.3. The van der Waals surface area contributed by atoms with Gasteiger partial charge in [-0.05, 0) is 31.2 Å². The van der Waals surface area contributed by atoms with Gasteiger partial charge in [0.15, 0.2) is 0 Å². The van der Waals surface area contributed by atoms with Crippen molar-refractivity contribution in [3.8, 4) is 11.3 Å². The molecule has 0 radical (unpaired) electrons. The summed E-state index contributed by atoms with van der Waals surface area (Å²) in [5.41, 5.74) is 3.50. The smallest absolute Gasteiger partial charge is 0.256 e. The minimum atomic E-state index is -0.149. The first-order valence-electron chi connectivity index (χ1n) is 6.96. The Morgan fingerprint density at radius 2 is 1.77 bits per heavy atom. The number of nitrogens with zero attached hydrogens (tertiary/aromatic N) is 3. The predicted molar refractivity (Wildman–Crippen MR) is 85.6 cm³/mol. The van der Waals surface area contributed by atoms with Crippen LogP contribution in [0.3, 0.4) is 0 Å². The Bertz CT molecular complexity index is 791. The summed E-state index contributed by atoms with van der Waals surface area (Å²) in [5.74, 6) is 0.502. The highest BCUT2D eigenvalue weighted by atomic mass is 16.1. The molecule has 2 aromatic heterocycles. The lowest BCUT2D eigenvalue weighted by molar-refractivity contribution is 0.102. The molecule has 5 heteroatoms. The quantitative estimate of drug-likeness (QED) is 0.807. The van der Waals surface area contributed by atoms with E-state index >= 15 is 0 Å². The van der Waals surface area contributed by atoms with Crippen LogP contribution in [0.1, 0.15) is 15.9 Å². The third-order valence-electron chi connectivity index (χ3n) is 3.41. The zero-order chi connectivity index (χ0) is 15.5. The van der Waals surface area contributed by atoms with Crippen LogP contribution in [0.4, 0.5) is 5.82 Å². The van der Waals surface area contributed by atoms with Crippen molar-refractivity contribution in [1.82, 2.24) is 14.8 Å². The van der Waals surface area contributed by atoms with Crippen LogP contribution in [-0.2, 0) is 7.05 Å². The molecule has 0 bridgehead atoms. The molecule has 2 heterocycles. The predicted octanol–water partition coefficient (Wildman–Crippen LogP) is 3.04. The van der Waals surface area contributed by atoms with E-state index in [0.29, 0.717) is 11.4 Å². The number of carbonyl (C=O) groups is 1. The first kappa shape index (κ1) is 14.0. The highest BCUT2D eigenvalue weighted by molar-refractivity contribution is 6.04. The third-order valence-corrected chi connectivity index (χ3v) is 3.41. The first-order valence-corrected chi connectivity index (χ1v) is 6.96. The Balaban J connectivity index is 1.82. The van der Waals surface area contributed by atoms with Crippen LogP contribution in [0.15, 0.2) is 54.9 Å². The summed E-state index contributed by atoms with van der Waals surface area (Å²) in [6.07, 6.45) is 3.43. The molecule has 0 unspecified atom stereocenters. The van der Waals surface area contributed by atoms with Crippen LogP contribution >= 0.6 is 0 Å². The number of pyridine rings is 1. The van der Waals surface area contributed by atoms with Crippen molar-refractivity contribution in [3.63, 3.8) is 0 Å². The Morgan fingerprint density at radius 1 is 1.09 bits per heavy atom. The summed E-state index contributed by atoms with van der Waals surface area (Å²) in [7, 11) is 1.80. The first-order chi connectivity index (χ1) is 10.6. The summed E-state index contributed by atoms with van der Waals surface area (Å²) >= 11 is 0. The Morgan fingerprint density at radius 3 is 2.45 bits per heavy atom. The van der Waals surface area contributed by atoms with E-state index in [9.17, 15) is 4.79 Å². The van der Waals surface area contributed by atoms with Crippen molar-refractivity contribution in [2.24, 2.45) is 7.05 Å². The molecule has 1 N–H and O–H groups in total. The zero-order valence-corrected chi connectivity index (χ0v) is 12.4. The molecule has 110 valence electrons. The molecule has 0 aliphatic heterocycles. The van der Waals surface area contributed by atoms with Gasteiger partial charge in [-0.25, -0.2) is 0 Å². The normalized spacial score (nSPS) is 10.5. The maximum Gasteiger partial charge on any atom is 0.256 e. The molecule has 22 heavy (non-hydrogen) atoms. The van der Waals surface area contributed by atoms with Crippen LogP contribution in [0.2, 0.25) is 0 Å². The average Bonchev–Trinajstić information content (AvgIpc) is 2.90. The van der Waals surface area contributed by atoms with Crippen molar-refractivity contribution in [2.45, 2.75) is 6.92 Å². The molecule has 1 amide bonds. The Kier molecular flexibility index (Phi) is 3.70. The number of aromatic nitrogens is 3. The van der Waals surface area contributed by atoms with Crippen molar-refractivity contribution in [1.29, 1.82) is 0 Å². The lowest BCUT2D eigenvalue weighted by Gasteiger charge is -2.05. The van der Waals surface area contributed by atoms with Crippen molar-refractivity contribution < 1.29 is 4.79 Å². The number of hydrogen-bond donors (Lipinski definition) is 1. The van der Waals surface area contributed by atoms with E-state index in [2.05, 4.69) is 15.4 Å². The van der Waals surface area contributed by atoms with Gasteiger partial charge < -0.3 is 5.32 Å². The number of rotatable bonds is 3. The number of nitrogens with one attached hydrogen (secondary N) is 1. The Hall–Kier alpha value is -2.95. The van der Waals surface area contributed by atoms with Gasteiger partial charge in [0.25, 0.3) is 5.91 Å². The molecule has 0 atom stereocenters. The van der Waals surface area contributed by atoms with Gasteiger partial charge in [-0.15, -0.1) is 0 Å². The molecule has 0 saturated carbocycles. The van der Waals surface area contributed by atoms with Gasteiger partial charge in [-0.2, -0.15) is 5.10 Å². The van der Waals surface area contributed by atoms with Gasteiger partial charge >= 0.3 is 0 Å². The van der Waals surface area contributed by atoms with E-state index in [4.69, 9.17) is 0 Å². The van der Waals surface area contributed by atoms with Gasteiger partial charge in [0, 0.05) is 36.6 Å². The lowest BCUT2D eigenvalue weighted by Crippen LogP contribution is -2.14. The number of amides is 1. The number of hydrogen-bond acceptors (Lipinski definition) is 3. The molecular formula is C17H16N4O. The van der Waals surface area contributed by atoms with Crippen LogP contribution in [0.25, 0.3) is 11.3 Å². The molecule has 0 fully saturated rings. The number of anilines is 1. The standard InChI is InChI=1S/C17H16N4O/c1-12-3-5-14(6-4-12)17(22)19-16-11-15(20-21(16)2)13-7-9-18-10-8-13/h3-11H,1-2H3,(H,19,22). The summed E-state index contributed by atoms with van der Waals surface area (Å²) in [6, 6.07) is 13.1. The SMILES string of the molecule is Cc1ccc(C(=O)Nc2cc(-c3ccncc3)nn2C)cc1. The average molecular weight is 292 g/mol. The van der Waals surface area contributed by atoms with Gasteiger partial charge in [0.05, 0.1) is 5.69 Å². The van der Waals surface area contributed by atoms with Crippen molar-refractivity contribution in [3.05, 3.63) is 66.0 Å². The van der Waals surface area contributed by atoms with Gasteiger partial charge in [-0.1, -0.05) is 17.7 Å². The van der Waals surface area contributed by atoms with Crippen LogP contribution in [0, 0.1) is 6.92 Å². The fourth-order valence-electron chi connectivity index (χ4n) is 2.14. The molecule has 0 spiro atoms.